The minimum atomic E-state index is -4.38. The predicted octanol–water partition coefficient (Wildman–Crippen LogP) is 3.76. The summed E-state index contributed by atoms with van der Waals surface area (Å²) >= 11 is 1.42. The van der Waals surface area contributed by atoms with Crippen LogP contribution in [0.4, 0.5) is 19.0 Å². The van der Waals surface area contributed by atoms with Crippen molar-refractivity contribution < 1.29 is 18.0 Å². The molecule has 4 rings (SSSR count). The first kappa shape index (κ1) is 19.7. The van der Waals surface area contributed by atoms with Crippen molar-refractivity contribution in [2.24, 2.45) is 7.05 Å². The van der Waals surface area contributed by atoms with Crippen LogP contribution in [0.2, 0.25) is 0 Å². The molecule has 1 fully saturated rings. The van der Waals surface area contributed by atoms with Gasteiger partial charge in [-0.3, -0.25) is 9.48 Å². The van der Waals surface area contributed by atoms with Crippen molar-refractivity contribution in [3.8, 4) is 0 Å². The molecule has 154 valence electrons. The Balaban J connectivity index is 1.35. The molecule has 0 atom stereocenters. The first-order valence-corrected chi connectivity index (χ1v) is 10.1. The monoisotopic (exact) mass is 423 g/mol. The van der Waals surface area contributed by atoms with Crippen molar-refractivity contribution >= 4 is 33.3 Å². The van der Waals surface area contributed by atoms with Crippen molar-refractivity contribution in [3.05, 3.63) is 40.5 Å². The number of rotatable bonds is 3. The molecule has 0 saturated carbocycles. The Bertz CT molecular complexity index is 998. The van der Waals surface area contributed by atoms with Gasteiger partial charge in [-0.05, 0) is 38.0 Å². The molecule has 0 bridgehead atoms. The number of piperidine rings is 1. The Hall–Kier alpha value is -2.62. The lowest BCUT2D eigenvalue weighted by atomic mass is 10.0. The number of pyridine rings is 1. The van der Waals surface area contributed by atoms with E-state index in [1.807, 2.05) is 24.9 Å². The summed E-state index contributed by atoms with van der Waals surface area (Å²) in [4.78, 5) is 20.1. The molecule has 0 radical (unpaired) electrons. The highest BCUT2D eigenvalue weighted by Gasteiger charge is 2.31. The Kier molecular flexibility index (Phi) is 4.97. The number of aryl methyl sites for hydroxylation is 2. The van der Waals surface area contributed by atoms with Crippen molar-refractivity contribution in [2.45, 2.75) is 32.0 Å². The molecule has 1 aliphatic heterocycles. The summed E-state index contributed by atoms with van der Waals surface area (Å²) in [6, 6.07) is 4.35. The molecule has 4 heterocycles. The van der Waals surface area contributed by atoms with Gasteiger partial charge in [-0.15, -0.1) is 11.3 Å². The smallest absolute Gasteiger partial charge is 0.356 e. The van der Waals surface area contributed by atoms with Crippen LogP contribution < -0.4 is 10.2 Å². The van der Waals surface area contributed by atoms with Crippen molar-refractivity contribution in [2.75, 3.05) is 18.0 Å². The third kappa shape index (κ3) is 3.93. The Labute approximate surface area is 169 Å². The number of alkyl halides is 3. The van der Waals surface area contributed by atoms with E-state index in [9.17, 15) is 18.0 Å². The van der Waals surface area contributed by atoms with Crippen LogP contribution in [0.5, 0.6) is 0 Å². The molecule has 0 unspecified atom stereocenters. The number of nitrogens with zero attached hydrogens (tertiary/aromatic N) is 4. The minimum absolute atomic E-state index is 0.0256. The molecule has 0 aromatic carbocycles. The number of carbonyl (C=O) groups is 1. The van der Waals surface area contributed by atoms with Gasteiger partial charge in [0.15, 0.2) is 0 Å². The number of carbonyl (C=O) groups excluding carboxylic acids is 1. The summed E-state index contributed by atoms with van der Waals surface area (Å²) in [5.74, 6) is 0.423. The number of halogens is 3. The van der Waals surface area contributed by atoms with E-state index in [0.29, 0.717) is 36.6 Å². The largest absolute Gasteiger partial charge is 0.417 e. The number of thiophene rings is 1. The minimum Gasteiger partial charge on any atom is -0.356 e. The lowest BCUT2D eigenvalue weighted by Crippen LogP contribution is -2.44. The molecule has 1 N–H and O–H groups in total. The summed E-state index contributed by atoms with van der Waals surface area (Å²) in [5, 5.41) is 8.41. The van der Waals surface area contributed by atoms with Crippen molar-refractivity contribution in [1.29, 1.82) is 0 Å². The summed E-state index contributed by atoms with van der Waals surface area (Å²) in [6.07, 6.45) is -2.11. The highest BCUT2D eigenvalue weighted by atomic mass is 32.1. The van der Waals surface area contributed by atoms with Crippen LogP contribution in [0.1, 0.15) is 33.8 Å². The van der Waals surface area contributed by atoms with E-state index in [0.717, 1.165) is 28.2 Å². The van der Waals surface area contributed by atoms with Gasteiger partial charge >= 0.3 is 6.18 Å². The average molecular weight is 423 g/mol. The van der Waals surface area contributed by atoms with E-state index < -0.39 is 11.7 Å². The molecular weight excluding hydrogens is 403 g/mol. The van der Waals surface area contributed by atoms with Crippen molar-refractivity contribution in [3.63, 3.8) is 0 Å². The van der Waals surface area contributed by atoms with E-state index >= 15 is 0 Å². The molecule has 1 aliphatic rings. The van der Waals surface area contributed by atoms with E-state index in [1.165, 1.54) is 17.4 Å². The van der Waals surface area contributed by atoms with Crippen LogP contribution in [0.3, 0.4) is 0 Å². The zero-order valence-corrected chi connectivity index (χ0v) is 16.8. The molecule has 10 heteroatoms. The van der Waals surface area contributed by atoms with E-state index in [-0.39, 0.29) is 11.9 Å². The Morgan fingerprint density at radius 2 is 2.00 bits per heavy atom. The lowest BCUT2D eigenvalue weighted by Gasteiger charge is -2.33. The maximum atomic E-state index is 12.7. The standard InChI is InChI=1S/C19H20F3N5OS/c1-11-14-9-15(29-18(14)26(2)25-11)17(28)24-13-5-7-27(8-6-13)16-4-3-12(10-23-16)19(20,21)22/h3-4,9-10,13H,5-8H2,1-2H3,(H,24,28). The van der Waals surface area contributed by atoms with E-state index in [2.05, 4.69) is 15.4 Å². The zero-order valence-electron chi connectivity index (χ0n) is 16.0. The van der Waals surface area contributed by atoms with Crippen LogP contribution in [-0.4, -0.2) is 39.8 Å². The fourth-order valence-electron chi connectivity index (χ4n) is 3.57. The number of aromatic nitrogens is 3. The van der Waals surface area contributed by atoms with Gasteiger partial charge in [0.1, 0.15) is 10.6 Å². The lowest BCUT2D eigenvalue weighted by molar-refractivity contribution is -0.137. The van der Waals surface area contributed by atoms with Gasteiger partial charge in [-0.2, -0.15) is 18.3 Å². The second kappa shape index (κ2) is 7.33. The Morgan fingerprint density at radius 1 is 1.28 bits per heavy atom. The van der Waals surface area contributed by atoms with Crippen LogP contribution in [0, 0.1) is 6.92 Å². The third-order valence-electron chi connectivity index (χ3n) is 5.15. The second-order valence-electron chi connectivity index (χ2n) is 7.18. The number of amides is 1. The summed E-state index contributed by atoms with van der Waals surface area (Å²) < 4.78 is 39.8. The molecule has 6 nitrogen and oxygen atoms in total. The topological polar surface area (TPSA) is 63.1 Å². The Morgan fingerprint density at radius 3 is 2.59 bits per heavy atom. The average Bonchev–Trinajstić information content (AvgIpc) is 3.23. The predicted molar refractivity (Wildman–Crippen MR) is 105 cm³/mol. The maximum Gasteiger partial charge on any atom is 0.417 e. The molecule has 29 heavy (non-hydrogen) atoms. The fourth-order valence-corrected chi connectivity index (χ4v) is 4.59. The van der Waals surface area contributed by atoms with Gasteiger partial charge < -0.3 is 10.2 Å². The molecule has 3 aromatic rings. The highest BCUT2D eigenvalue weighted by molar-refractivity contribution is 7.20. The number of hydrogen-bond acceptors (Lipinski definition) is 5. The van der Waals surface area contributed by atoms with E-state index in [4.69, 9.17) is 0 Å². The normalized spacial score (nSPS) is 15.8. The highest BCUT2D eigenvalue weighted by Crippen LogP contribution is 2.30. The molecule has 0 spiro atoms. The first-order chi connectivity index (χ1) is 13.7. The fraction of sp³-hybridized carbons (Fsp3) is 0.421. The van der Waals surface area contributed by atoms with Gasteiger partial charge in [0.05, 0.1) is 16.1 Å². The van der Waals surface area contributed by atoms with Gasteiger partial charge in [-0.1, -0.05) is 0 Å². The van der Waals surface area contributed by atoms with Gasteiger partial charge in [0.25, 0.3) is 5.91 Å². The molecule has 1 amide bonds. The molecule has 0 aliphatic carbocycles. The van der Waals surface area contributed by atoms with Crippen molar-refractivity contribution in [1.82, 2.24) is 20.1 Å². The zero-order chi connectivity index (χ0) is 20.8. The van der Waals surface area contributed by atoms with Crippen LogP contribution in [0.15, 0.2) is 24.4 Å². The number of fused-ring (bicyclic) bond motifs is 1. The van der Waals surface area contributed by atoms with E-state index in [1.54, 1.807) is 4.68 Å². The summed E-state index contributed by atoms with van der Waals surface area (Å²) in [7, 11) is 1.86. The third-order valence-corrected chi connectivity index (χ3v) is 6.35. The number of anilines is 1. The van der Waals surface area contributed by atoms with Crippen LogP contribution in [0.25, 0.3) is 10.2 Å². The van der Waals surface area contributed by atoms with Crippen LogP contribution >= 0.6 is 11.3 Å². The first-order valence-electron chi connectivity index (χ1n) is 9.24. The second-order valence-corrected chi connectivity index (χ2v) is 8.21. The molecule has 3 aromatic heterocycles. The molecule has 1 saturated heterocycles. The van der Waals surface area contributed by atoms with Crippen LogP contribution in [-0.2, 0) is 13.2 Å². The number of nitrogens with one attached hydrogen (secondary N) is 1. The number of hydrogen-bond donors (Lipinski definition) is 1. The molecular formula is C19H20F3N5OS. The quantitative estimate of drug-likeness (QED) is 0.697. The SMILES string of the molecule is Cc1nn(C)c2sc(C(=O)NC3CCN(c4ccc(C(F)(F)F)cn4)CC3)cc12. The van der Waals surface area contributed by atoms with Gasteiger partial charge in [0.2, 0.25) is 0 Å². The van der Waals surface area contributed by atoms with Gasteiger partial charge in [0, 0.05) is 37.8 Å². The maximum absolute atomic E-state index is 12.7. The van der Waals surface area contributed by atoms with Gasteiger partial charge in [-0.25, -0.2) is 4.98 Å². The summed E-state index contributed by atoms with van der Waals surface area (Å²) in [5.41, 5.74) is 0.146. The summed E-state index contributed by atoms with van der Waals surface area (Å²) in [6.45, 7) is 3.17.